The van der Waals surface area contributed by atoms with E-state index in [-0.39, 0.29) is 30.2 Å². The van der Waals surface area contributed by atoms with Crippen LogP contribution in [-0.4, -0.2) is 23.0 Å². The number of nitrogens with one attached hydrogen (secondary N) is 1. The minimum absolute atomic E-state index is 0.0623. The number of anilines is 1. The molecule has 116 valence electrons. The predicted molar refractivity (Wildman–Crippen MR) is 83.1 cm³/mol. The summed E-state index contributed by atoms with van der Waals surface area (Å²) >= 11 is 0. The van der Waals surface area contributed by atoms with Gasteiger partial charge in [-0.05, 0) is 29.5 Å². The molecule has 0 fully saturated rings. The lowest BCUT2D eigenvalue weighted by Gasteiger charge is -2.22. The third kappa shape index (κ3) is 7.46. The molecule has 5 nitrogen and oxygen atoms in total. The molecule has 1 unspecified atom stereocenters. The molecule has 0 aliphatic carbocycles. The van der Waals surface area contributed by atoms with E-state index in [0.717, 1.165) is 6.42 Å². The van der Waals surface area contributed by atoms with Crippen LogP contribution in [0.3, 0.4) is 0 Å². The molecule has 4 N–H and O–H groups in total. The van der Waals surface area contributed by atoms with Crippen LogP contribution in [0.2, 0.25) is 0 Å². The topological polar surface area (TPSA) is 92.4 Å². The Balaban J connectivity index is 2.56. The first-order valence-corrected chi connectivity index (χ1v) is 7.02. The van der Waals surface area contributed by atoms with Crippen molar-refractivity contribution < 1.29 is 14.7 Å². The highest BCUT2D eigenvalue weighted by Gasteiger charge is 2.18. The number of benzene rings is 1. The van der Waals surface area contributed by atoms with E-state index in [0.29, 0.717) is 11.3 Å². The normalized spacial score (nSPS) is 12.8. The van der Waals surface area contributed by atoms with Gasteiger partial charge < -0.3 is 16.2 Å². The largest absolute Gasteiger partial charge is 0.481 e. The first-order valence-electron chi connectivity index (χ1n) is 7.02. The van der Waals surface area contributed by atoms with E-state index in [1.807, 2.05) is 0 Å². The maximum Gasteiger partial charge on any atom is 0.307 e. The lowest BCUT2D eigenvalue weighted by Crippen LogP contribution is -2.31. The molecule has 1 atom stereocenters. The van der Waals surface area contributed by atoms with Crippen LogP contribution in [0.25, 0.3) is 0 Å². The fourth-order valence-electron chi connectivity index (χ4n) is 2.24. The Bertz CT molecular complexity index is 506. The van der Waals surface area contributed by atoms with Crippen LogP contribution in [0.4, 0.5) is 5.69 Å². The van der Waals surface area contributed by atoms with Crippen molar-refractivity contribution in [2.45, 2.75) is 46.1 Å². The van der Waals surface area contributed by atoms with Gasteiger partial charge in [-0.3, -0.25) is 9.59 Å². The van der Waals surface area contributed by atoms with Crippen molar-refractivity contribution in [3.63, 3.8) is 0 Å². The lowest BCUT2D eigenvalue weighted by molar-refractivity contribution is -0.136. The average Bonchev–Trinajstić information content (AvgIpc) is 2.24. The van der Waals surface area contributed by atoms with Crippen molar-refractivity contribution in [2.24, 2.45) is 11.1 Å². The zero-order valence-corrected chi connectivity index (χ0v) is 12.8. The van der Waals surface area contributed by atoms with Gasteiger partial charge in [-0.1, -0.05) is 32.9 Å². The number of nitrogens with two attached hydrogens (primary N) is 1. The van der Waals surface area contributed by atoms with Crippen molar-refractivity contribution in [3.05, 3.63) is 29.8 Å². The van der Waals surface area contributed by atoms with Gasteiger partial charge in [0.2, 0.25) is 5.91 Å². The number of carbonyl (C=O) groups is 2. The summed E-state index contributed by atoms with van der Waals surface area (Å²) in [6, 6.07) is 6.66. The van der Waals surface area contributed by atoms with Crippen LogP contribution >= 0.6 is 0 Å². The van der Waals surface area contributed by atoms with Gasteiger partial charge in [0, 0.05) is 18.2 Å². The van der Waals surface area contributed by atoms with E-state index in [9.17, 15) is 9.59 Å². The van der Waals surface area contributed by atoms with Gasteiger partial charge in [-0.25, -0.2) is 0 Å². The van der Waals surface area contributed by atoms with Crippen LogP contribution in [0.1, 0.15) is 39.2 Å². The monoisotopic (exact) mass is 292 g/mol. The molecule has 1 aromatic rings. The zero-order valence-electron chi connectivity index (χ0n) is 12.8. The molecular weight excluding hydrogens is 268 g/mol. The highest BCUT2D eigenvalue weighted by atomic mass is 16.4. The fraction of sp³-hybridized carbons (Fsp3) is 0.500. The molecule has 0 bridgehead atoms. The van der Waals surface area contributed by atoms with Crippen LogP contribution in [0.5, 0.6) is 0 Å². The van der Waals surface area contributed by atoms with Crippen LogP contribution in [0, 0.1) is 5.41 Å². The second-order valence-electron chi connectivity index (χ2n) is 6.55. The minimum atomic E-state index is -0.898. The predicted octanol–water partition coefficient (Wildman–Crippen LogP) is 2.41. The second kappa shape index (κ2) is 7.22. The molecule has 0 aliphatic rings. The highest BCUT2D eigenvalue weighted by Crippen LogP contribution is 2.21. The van der Waals surface area contributed by atoms with Gasteiger partial charge in [0.05, 0.1) is 6.42 Å². The van der Waals surface area contributed by atoms with Gasteiger partial charge in [0.15, 0.2) is 0 Å². The maximum atomic E-state index is 11.9. The molecular formula is C16H24N2O3. The van der Waals surface area contributed by atoms with E-state index >= 15 is 0 Å². The summed E-state index contributed by atoms with van der Waals surface area (Å²) in [5, 5.41) is 11.5. The van der Waals surface area contributed by atoms with Crippen molar-refractivity contribution in [2.75, 3.05) is 5.32 Å². The van der Waals surface area contributed by atoms with E-state index in [1.165, 1.54) is 0 Å². The SMILES string of the molecule is CC(C)(C)CC(N)CC(=O)Nc1cccc(CC(=O)O)c1. The molecule has 0 heterocycles. The highest BCUT2D eigenvalue weighted by molar-refractivity contribution is 5.91. The third-order valence-corrected chi connectivity index (χ3v) is 2.89. The van der Waals surface area contributed by atoms with E-state index < -0.39 is 5.97 Å². The summed E-state index contributed by atoms with van der Waals surface area (Å²) in [5.74, 6) is -1.05. The Kier molecular flexibility index (Phi) is 5.90. The summed E-state index contributed by atoms with van der Waals surface area (Å²) in [4.78, 5) is 22.6. The Labute approximate surface area is 125 Å². The van der Waals surface area contributed by atoms with Crippen LogP contribution < -0.4 is 11.1 Å². The molecule has 0 spiro atoms. The molecule has 5 heteroatoms. The molecule has 0 radical (unpaired) electrons. The number of carboxylic acids is 1. The minimum Gasteiger partial charge on any atom is -0.481 e. The van der Waals surface area contributed by atoms with E-state index in [2.05, 4.69) is 26.1 Å². The zero-order chi connectivity index (χ0) is 16.0. The number of rotatable bonds is 6. The molecule has 1 amide bonds. The molecule has 21 heavy (non-hydrogen) atoms. The van der Waals surface area contributed by atoms with Crippen molar-refractivity contribution >= 4 is 17.6 Å². The third-order valence-electron chi connectivity index (χ3n) is 2.89. The van der Waals surface area contributed by atoms with Gasteiger partial charge in [0.1, 0.15) is 0 Å². The fourth-order valence-corrected chi connectivity index (χ4v) is 2.24. The number of amides is 1. The summed E-state index contributed by atoms with van der Waals surface area (Å²) in [5.41, 5.74) is 7.31. The molecule has 0 aromatic heterocycles. The van der Waals surface area contributed by atoms with Crippen molar-refractivity contribution in [1.29, 1.82) is 0 Å². The Morgan fingerprint density at radius 2 is 2.00 bits per heavy atom. The van der Waals surface area contributed by atoms with E-state index in [4.69, 9.17) is 10.8 Å². The lowest BCUT2D eigenvalue weighted by atomic mass is 9.87. The molecule has 1 aromatic carbocycles. The van der Waals surface area contributed by atoms with E-state index in [1.54, 1.807) is 24.3 Å². The number of carbonyl (C=O) groups excluding carboxylic acids is 1. The molecule has 0 aliphatic heterocycles. The number of hydrogen-bond acceptors (Lipinski definition) is 3. The summed E-state index contributed by atoms with van der Waals surface area (Å²) in [6.07, 6.45) is 0.952. The number of hydrogen-bond donors (Lipinski definition) is 3. The first-order chi connectivity index (χ1) is 9.65. The van der Waals surface area contributed by atoms with Gasteiger partial charge in [-0.15, -0.1) is 0 Å². The van der Waals surface area contributed by atoms with Gasteiger partial charge in [0.25, 0.3) is 0 Å². The van der Waals surface area contributed by atoms with Crippen molar-refractivity contribution in [3.8, 4) is 0 Å². The van der Waals surface area contributed by atoms with Crippen LogP contribution in [0.15, 0.2) is 24.3 Å². The second-order valence-corrected chi connectivity index (χ2v) is 6.55. The Hall–Kier alpha value is -1.88. The standard InChI is InChI=1S/C16H24N2O3/c1-16(2,3)10-12(17)9-14(19)18-13-6-4-5-11(7-13)8-15(20)21/h4-7,12H,8-10,17H2,1-3H3,(H,18,19)(H,20,21). The van der Waals surface area contributed by atoms with Gasteiger partial charge >= 0.3 is 5.97 Å². The summed E-state index contributed by atoms with van der Waals surface area (Å²) in [6.45, 7) is 6.25. The number of carboxylic acid groups (broad SMARTS) is 1. The number of aliphatic carboxylic acids is 1. The first kappa shape index (κ1) is 17.2. The molecule has 0 saturated heterocycles. The van der Waals surface area contributed by atoms with Crippen molar-refractivity contribution in [1.82, 2.24) is 0 Å². The average molecular weight is 292 g/mol. The summed E-state index contributed by atoms with van der Waals surface area (Å²) < 4.78 is 0. The molecule has 0 saturated carbocycles. The molecule has 1 rings (SSSR count). The Morgan fingerprint density at radius 3 is 2.57 bits per heavy atom. The maximum absolute atomic E-state index is 11.9. The smallest absolute Gasteiger partial charge is 0.307 e. The van der Waals surface area contributed by atoms with Gasteiger partial charge in [-0.2, -0.15) is 0 Å². The van der Waals surface area contributed by atoms with Crippen LogP contribution in [-0.2, 0) is 16.0 Å². The Morgan fingerprint density at radius 1 is 1.33 bits per heavy atom. The summed E-state index contributed by atoms with van der Waals surface area (Å²) in [7, 11) is 0. The quantitative estimate of drug-likeness (QED) is 0.750.